The highest BCUT2D eigenvalue weighted by molar-refractivity contribution is 5.79. The first-order valence-electron chi connectivity index (χ1n) is 9.78. The molecule has 0 bridgehead atoms. The highest BCUT2D eigenvalue weighted by atomic mass is 19.4. The average molecular weight is 434 g/mol. The summed E-state index contributed by atoms with van der Waals surface area (Å²) in [6.45, 7) is 3.13. The Morgan fingerprint density at radius 3 is 2.55 bits per heavy atom. The zero-order valence-electron chi connectivity index (χ0n) is 17.5. The lowest BCUT2D eigenvalue weighted by Crippen LogP contribution is -2.40. The number of H-pyrrole nitrogens is 1. The second-order valence-electron chi connectivity index (χ2n) is 8.12. The number of halogens is 3. The predicted molar refractivity (Wildman–Crippen MR) is 113 cm³/mol. The van der Waals surface area contributed by atoms with Gasteiger partial charge in [0.05, 0.1) is 34.7 Å². The molecule has 1 heterocycles. The van der Waals surface area contributed by atoms with E-state index >= 15 is 0 Å². The van der Waals surface area contributed by atoms with Crippen LogP contribution in [0.15, 0.2) is 48.5 Å². The molecule has 166 valence electrons. The van der Waals surface area contributed by atoms with Gasteiger partial charge in [0.1, 0.15) is 0 Å². The van der Waals surface area contributed by atoms with Crippen molar-refractivity contribution < 1.29 is 23.1 Å². The number of benzene rings is 2. The van der Waals surface area contributed by atoms with Crippen LogP contribution in [0, 0.1) is 0 Å². The van der Waals surface area contributed by atoms with Crippen molar-refractivity contribution in [1.29, 1.82) is 0 Å². The van der Waals surface area contributed by atoms with Crippen molar-refractivity contribution in [3.63, 3.8) is 0 Å². The van der Waals surface area contributed by atoms with Crippen molar-refractivity contribution in [1.82, 2.24) is 15.3 Å². The molecule has 0 aliphatic rings. The maximum Gasteiger partial charge on any atom is 0.416 e. The van der Waals surface area contributed by atoms with Crippen LogP contribution in [-0.2, 0) is 11.0 Å². The normalized spacial score (nSPS) is 13.3. The van der Waals surface area contributed by atoms with E-state index in [9.17, 15) is 23.1 Å². The number of aliphatic hydroxyl groups is 1. The van der Waals surface area contributed by atoms with Crippen LogP contribution in [0.25, 0.3) is 11.0 Å². The van der Waals surface area contributed by atoms with Gasteiger partial charge in [0.15, 0.2) is 0 Å². The fourth-order valence-electron chi connectivity index (χ4n) is 3.22. The lowest BCUT2D eigenvalue weighted by atomic mass is 9.99. The molecule has 0 spiro atoms. The summed E-state index contributed by atoms with van der Waals surface area (Å²) in [6, 6.07) is 11.6. The number of anilines is 1. The minimum Gasteiger partial charge on any atom is -0.389 e. The van der Waals surface area contributed by atoms with E-state index in [0.29, 0.717) is 17.0 Å². The molecule has 0 saturated carbocycles. The van der Waals surface area contributed by atoms with Gasteiger partial charge in [0.25, 0.3) is 0 Å². The zero-order chi connectivity index (χ0) is 22.8. The van der Waals surface area contributed by atoms with E-state index < -0.39 is 29.3 Å². The number of imidazole rings is 1. The third kappa shape index (κ3) is 5.75. The van der Waals surface area contributed by atoms with Crippen molar-refractivity contribution in [3.05, 3.63) is 59.7 Å². The molecule has 3 N–H and O–H groups in total. The molecule has 1 atom stereocenters. The number of carbonyl (C=O) groups is 1. The van der Waals surface area contributed by atoms with E-state index in [1.54, 1.807) is 31.9 Å². The third-order valence-corrected chi connectivity index (χ3v) is 4.87. The van der Waals surface area contributed by atoms with Crippen molar-refractivity contribution in [2.24, 2.45) is 0 Å². The number of rotatable bonds is 7. The molecule has 1 aromatic heterocycles. The molecule has 0 radical (unpaired) electrons. The van der Waals surface area contributed by atoms with Crippen LogP contribution in [0.5, 0.6) is 0 Å². The Bertz CT molecular complexity index is 1020. The molecular weight excluding hydrogens is 409 g/mol. The zero-order valence-corrected chi connectivity index (χ0v) is 17.5. The summed E-state index contributed by atoms with van der Waals surface area (Å²) in [5.41, 5.74) is -0.0789. The van der Waals surface area contributed by atoms with Gasteiger partial charge in [0, 0.05) is 13.6 Å². The first kappa shape index (κ1) is 22.6. The van der Waals surface area contributed by atoms with E-state index in [0.717, 1.165) is 17.6 Å². The number of carbonyl (C=O) groups excluding carboxylic acids is 1. The number of amides is 1. The maximum absolute atomic E-state index is 13.3. The topological polar surface area (TPSA) is 81.2 Å². The lowest BCUT2D eigenvalue weighted by Gasteiger charge is -2.29. The van der Waals surface area contributed by atoms with Crippen molar-refractivity contribution in [2.75, 3.05) is 18.5 Å². The number of nitrogens with zero attached hydrogens (tertiary/aromatic N) is 2. The molecule has 1 unspecified atom stereocenters. The predicted octanol–water partition coefficient (Wildman–Crippen LogP) is 4.04. The summed E-state index contributed by atoms with van der Waals surface area (Å²) in [4.78, 5) is 21.9. The molecule has 9 heteroatoms. The van der Waals surface area contributed by atoms with Crippen molar-refractivity contribution in [3.8, 4) is 0 Å². The molecule has 6 nitrogen and oxygen atoms in total. The fraction of sp³-hybridized carbons (Fsp3) is 0.364. The number of hydrogen-bond donors (Lipinski definition) is 3. The van der Waals surface area contributed by atoms with Gasteiger partial charge < -0.3 is 20.3 Å². The molecule has 0 aliphatic carbocycles. The first-order chi connectivity index (χ1) is 14.4. The molecule has 2 aromatic carbocycles. The van der Waals surface area contributed by atoms with Gasteiger partial charge in [-0.2, -0.15) is 13.2 Å². The Kier molecular flexibility index (Phi) is 6.26. The number of aromatic nitrogens is 2. The van der Waals surface area contributed by atoms with Gasteiger partial charge in [-0.3, -0.25) is 4.79 Å². The number of aromatic amines is 1. The Morgan fingerprint density at radius 1 is 1.19 bits per heavy atom. The molecule has 0 aliphatic heterocycles. The van der Waals surface area contributed by atoms with E-state index in [1.807, 2.05) is 24.3 Å². The van der Waals surface area contributed by atoms with E-state index in [2.05, 4.69) is 15.3 Å². The Hall–Kier alpha value is -3.07. The molecular formula is C22H25F3N4O2. The fourth-order valence-corrected chi connectivity index (χ4v) is 3.22. The quantitative estimate of drug-likeness (QED) is 0.524. The van der Waals surface area contributed by atoms with Gasteiger partial charge in [-0.05, 0) is 43.7 Å². The van der Waals surface area contributed by atoms with Gasteiger partial charge >= 0.3 is 6.18 Å². The molecule has 3 rings (SSSR count). The highest BCUT2D eigenvalue weighted by Gasteiger charge is 2.32. The molecule has 3 aromatic rings. The van der Waals surface area contributed by atoms with Crippen LogP contribution < -0.4 is 10.2 Å². The summed E-state index contributed by atoms with van der Waals surface area (Å²) in [7, 11) is 1.67. The van der Waals surface area contributed by atoms with Crippen LogP contribution in [0.1, 0.15) is 37.4 Å². The Labute approximate surface area is 178 Å². The number of hydrogen-bond acceptors (Lipinski definition) is 4. The second-order valence-corrected chi connectivity index (χ2v) is 8.12. The van der Waals surface area contributed by atoms with Crippen LogP contribution in [-0.4, -0.2) is 40.2 Å². The van der Waals surface area contributed by atoms with E-state index in [1.165, 1.54) is 6.07 Å². The smallest absolute Gasteiger partial charge is 0.389 e. The SMILES string of the molecule is CN(c1nc2ccccc2[nH]1)C(CC(=O)NCC(C)(C)O)c1cccc(C(F)(F)F)c1. The minimum absolute atomic E-state index is 0.0233. The van der Waals surface area contributed by atoms with Crippen LogP contribution >= 0.6 is 0 Å². The monoisotopic (exact) mass is 434 g/mol. The van der Waals surface area contributed by atoms with Crippen molar-refractivity contribution in [2.45, 2.75) is 38.1 Å². The molecule has 0 fully saturated rings. The van der Waals surface area contributed by atoms with Crippen LogP contribution in [0.3, 0.4) is 0 Å². The van der Waals surface area contributed by atoms with Gasteiger partial charge in [-0.25, -0.2) is 4.98 Å². The van der Waals surface area contributed by atoms with Gasteiger partial charge in [0.2, 0.25) is 11.9 Å². The van der Waals surface area contributed by atoms with Crippen LogP contribution in [0.4, 0.5) is 19.1 Å². The summed E-state index contributed by atoms with van der Waals surface area (Å²) < 4.78 is 39.8. The largest absolute Gasteiger partial charge is 0.416 e. The van der Waals surface area contributed by atoms with E-state index in [4.69, 9.17) is 0 Å². The molecule has 1 amide bonds. The second kappa shape index (κ2) is 8.58. The Morgan fingerprint density at radius 2 is 1.90 bits per heavy atom. The van der Waals surface area contributed by atoms with Crippen LogP contribution in [0.2, 0.25) is 0 Å². The third-order valence-electron chi connectivity index (χ3n) is 4.87. The Balaban J connectivity index is 1.94. The first-order valence-corrected chi connectivity index (χ1v) is 9.78. The summed E-state index contributed by atoms with van der Waals surface area (Å²) in [6.07, 6.45) is -4.62. The van der Waals surface area contributed by atoms with Gasteiger partial charge in [-0.15, -0.1) is 0 Å². The standard InChI is InChI=1S/C22H25F3N4O2/c1-21(2,31)13-26-19(30)12-18(14-7-6-8-15(11-14)22(23,24)25)29(3)20-27-16-9-4-5-10-17(16)28-20/h4-11,18,31H,12-13H2,1-3H3,(H,26,30)(H,27,28). The number of alkyl halides is 3. The summed E-state index contributed by atoms with van der Waals surface area (Å²) >= 11 is 0. The maximum atomic E-state index is 13.3. The lowest BCUT2D eigenvalue weighted by molar-refractivity contribution is -0.137. The van der Waals surface area contributed by atoms with Gasteiger partial charge in [-0.1, -0.05) is 24.3 Å². The minimum atomic E-state index is -4.50. The van der Waals surface area contributed by atoms with Crippen molar-refractivity contribution >= 4 is 22.9 Å². The summed E-state index contributed by atoms with van der Waals surface area (Å²) in [5, 5.41) is 12.5. The number of fused-ring (bicyclic) bond motifs is 1. The molecule has 31 heavy (non-hydrogen) atoms. The molecule has 0 saturated heterocycles. The number of nitrogens with one attached hydrogen (secondary N) is 2. The average Bonchev–Trinajstić information content (AvgIpc) is 3.13. The highest BCUT2D eigenvalue weighted by Crippen LogP contribution is 2.34. The van der Waals surface area contributed by atoms with E-state index in [-0.39, 0.29) is 13.0 Å². The summed E-state index contributed by atoms with van der Waals surface area (Å²) in [5.74, 6) is 0.0337. The number of para-hydroxylation sites is 2.